The molecule has 17 heavy (non-hydrogen) atoms. The van der Waals surface area contributed by atoms with Gasteiger partial charge >= 0.3 is 12.4 Å². The van der Waals surface area contributed by atoms with Crippen molar-refractivity contribution in [3.8, 4) is 0 Å². The Hall–Kier alpha value is -1.40. The summed E-state index contributed by atoms with van der Waals surface area (Å²) >= 11 is 0. The van der Waals surface area contributed by atoms with Crippen molar-refractivity contribution in [2.45, 2.75) is 26.2 Å². The molecule has 1 aromatic rings. The second kappa shape index (κ2) is 5.29. The van der Waals surface area contributed by atoms with Crippen LogP contribution in [0.5, 0.6) is 0 Å². The van der Waals surface area contributed by atoms with Crippen molar-refractivity contribution >= 4 is 5.69 Å². The van der Waals surface area contributed by atoms with Crippen molar-refractivity contribution in [3.63, 3.8) is 0 Å². The Morgan fingerprint density at radius 3 is 1.65 bits per heavy atom. The van der Waals surface area contributed by atoms with Crippen LogP contribution in [0.25, 0.3) is 0 Å². The Labute approximate surface area is 94.2 Å². The number of nitrogens with two attached hydrogens (primary N) is 1. The van der Waals surface area contributed by atoms with Crippen molar-refractivity contribution in [2.75, 3.05) is 5.73 Å². The Kier molecular flexibility index (Phi) is 4.85. The van der Waals surface area contributed by atoms with Crippen LogP contribution in [0.15, 0.2) is 18.2 Å². The third-order valence-electron chi connectivity index (χ3n) is 1.68. The Balaban J connectivity index is 0.00000121. The van der Waals surface area contributed by atoms with Crippen LogP contribution in [0.2, 0.25) is 0 Å². The molecule has 0 unspecified atom stereocenters. The number of hydrogen-bond acceptors (Lipinski definition) is 1. The average molecular weight is 259 g/mol. The van der Waals surface area contributed by atoms with Gasteiger partial charge in [-0.25, -0.2) is 0 Å². The number of halogens is 6. The molecule has 1 nitrogen and oxygen atoms in total. The molecule has 0 aliphatic rings. The summed E-state index contributed by atoms with van der Waals surface area (Å²) in [6, 6.07) is 0.931. The lowest BCUT2D eigenvalue weighted by atomic mass is 10.1. The van der Waals surface area contributed by atoms with Crippen molar-refractivity contribution in [2.24, 2.45) is 0 Å². The van der Waals surface area contributed by atoms with Gasteiger partial charge in [-0.05, 0) is 18.2 Å². The first kappa shape index (κ1) is 15.6. The van der Waals surface area contributed by atoms with Crippen molar-refractivity contribution in [1.29, 1.82) is 0 Å². The maximum Gasteiger partial charge on any atom is 0.418 e. The molecule has 0 fully saturated rings. The highest BCUT2D eigenvalue weighted by atomic mass is 19.4. The molecule has 98 valence electrons. The van der Waals surface area contributed by atoms with E-state index in [1.807, 2.05) is 13.8 Å². The van der Waals surface area contributed by atoms with E-state index < -0.39 is 29.2 Å². The van der Waals surface area contributed by atoms with Crippen LogP contribution in [0, 0.1) is 0 Å². The van der Waals surface area contributed by atoms with Crippen molar-refractivity contribution in [3.05, 3.63) is 29.3 Å². The zero-order chi connectivity index (χ0) is 13.9. The van der Waals surface area contributed by atoms with Gasteiger partial charge < -0.3 is 5.73 Å². The second-order valence-corrected chi connectivity index (χ2v) is 2.80. The van der Waals surface area contributed by atoms with E-state index in [9.17, 15) is 26.3 Å². The van der Waals surface area contributed by atoms with Gasteiger partial charge in [0.05, 0.1) is 11.1 Å². The van der Waals surface area contributed by atoms with Gasteiger partial charge in [0.1, 0.15) is 0 Å². The summed E-state index contributed by atoms with van der Waals surface area (Å²) in [5, 5.41) is 0. The third-order valence-corrected chi connectivity index (χ3v) is 1.68. The normalized spacial score (nSPS) is 11.8. The van der Waals surface area contributed by atoms with Crippen LogP contribution < -0.4 is 5.73 Å². The molecule has 0 bridgehead atoms. The van der Waals surface area contributed by atoms with E-state index in [1.54, 1.807) is 0 Å². The quantitative estimate of drug-likeness (QED) is 0.544. The van der Waals surface area contributed by atoms with Gasteiger partial charge in [-0.3, -0.25) is 0 Å². The minimum Gasteiger partial charge on any atom is -0.398 e. The Morgan fingerprint density at radius 1 is 0.882 bits per heavy atom. The summed E-state index contributed by atoms with van der Waals surface area (Å²) in [6.45, 7) is 4.00. The lowest BCUT2D eigenvalue weighted by Gasteiger charge is -2.12. The average Bonchev–Trinajstić information content (AvgIpc) is 2.17. The summed E-state index contributed by atoms with van der Waals surface area (Å²) in [5.74, 6) is 0. The molecular formula is C10H11F6N. The molecule has 0 atom stereocenters. The molecule has 0 aliphatic carbocycles. The molecule has 7 heteroatoms. The zero-order valence-electron chi connectivity index (χ0n) is 9.08. The van der Waals surface area contributed by atoms with Crippen molar-refractivity contribution < 1.29 is 26.3 Å². The van der Waals surface area contributed by atoms with Gasteiger partial charge in [0.2, 0.25) is 0 Å². The van der Waals surface area contributed by atoms with E-state index in [2.05, 4.69) is 0 Å². The molecule has 0 saturated carbocycles. The molecule has 2 N–H and O–H groups in total. The van der Waals surface area contributed by atoms with Gasteiger partial charge in [-0.15, -0.1) is 0 Å². The summed E-state index contributed by atoms with van der Waals surface area (Å²) in [6.07, 6.45) is -9.44. The summed E-state index contributed by atoms with van der Waals surface area (Å²) in [7, 11) is 0. The number of rotatable bonds is 0. The topological polar surface area (TPSA) is 26.0 Å². The Bertz CT molecular complexity index is 366. The van der Waals surface area contributed by atoms with E-state index in [1.165, 1.54) is 0 Å². The van der Waals surface area contributed by atoms with Gasteiger partial charge in [0, 0.05) is 5.69 Å². The SMILES string of the molecule is CC.Nc1cc(C(F)(F)F)ccc1C(F)(F)F. The van der Waals surface area contributed by atoms with E-state index in [0.717, 1.165) is 0 Å². The lowest BCUT2D eigenvalue weighted by Crippen LogP contribution is -2.12. The van der Waals surface area contributed by atoms with Gasteiger partial charge in [-0.2, -0.15) is 26.3 Å². The summed E-state index contributed by atoms with van der Waals surface area (Å²) in [5.41, 5.74) is 1.48. The van der Waals surface area contributed by atoms with Crippen LogP contribution in [0.1, 0.15) is 25.0 Å². The standard InChI is InChI=1S/C8H5F6N.C2H6/c9-7(10,11)4-1-2-5(6(15)3-4)8(12,13)14;1-2/h1-3H,15H2;1-2H3. The molecule has 0 spiro atoms. The van der Waals surface area contributed by atoms with E-state index in [4.69, 9.17) is 5.73 Å². The molecular weight excluding hydrogens is 248 g/mol. The molecule has 0 radical (unpaired) electrons. The van der Waals surface area contributed by atoms with Crippen LogP contribution in [0.4, 0.5) is 32.0 Å². The molecule has 0 aliphatic heterocycles. The fraction of sp³-hybridized carbons (Fsp3) is 0.400. The summed E-state index contributed by atoms with van der Waals surface area (Å²) in [4.78, 5) is 0. The van der Waals surface area contributed by atoms with Crippen LogP contribution in [-0.2, 0) is 12.4 Å². The predicted molar refractivity (Wildman–Crippen MR) is 52.2 cm³/mol. The number of anilines is 1. The highest BCUT2D eigenvalue weighted by Gasteiger charge is 2.36. The first-order valence-corrected chi connectivity index (χ1v) is 4.66. The van der Waals surface area contributed by atoms with E-state index >= 15 is 0 Å². The molecule has 1 aromatic carbocycles. The maximum atomic E-state index is 12.1. The number of benzene rings is 1. The largest absolute Gasteiger partial charge is 0.418 e. The Morgan fingerprint density at radius 2 is 1.35 bits per heavy atom. The minimum absolute atomic E-state index is 0.267. The molecule has 0 aromatic heterocycles. The number of nitrogen functional groups attached to an aromatic ring is 1. The van der Waals surface area contributed by atoms with Crippen LogP contribution in [0.3, 0.4) is 0 Å². The number of hydrogen-bond donors (Lipinski definition) is 1. The second-order valence-electron chi connectivity index (χ2n) is 2.80. The minimum atomic E-state index is -4.74. The fourth-order valence-electron chi connectivity index (χ4n) is 0.997. The van der Waals surface area contributed by atoms with Gasteiger partial charge in [0.25, 0.3) is 0 Å². The molecule has 0 heterocycles. The fourth-order valence-corrected chi connectivity index (χ4v) is 0.997. The predicted octanol–water partition coefficient (Wildman–Crippen LogP) is 4.33. The first-order chi connectivity index (χ1) is 7.62. The monoisotopic (exact) mass is 259 g/mol. The molecule has 1 rings (SSSR count). The maximum absolute atomic E-state index is 12.1. The highest BCUT2D eigenvalue weighted by molar-refractivity contribution is 5.51. The van der Waals surface area contributed by atoms with Crippen LogP contribution >= 0.6 is 0 Å². The molecule has 0 saturated heterocycles. The van der Waals surface area contributed by atoms with Crippen molar-refractivity contribution in [1.82, 2.24) is 0 Å². The highest BCUT2D eigenvalue weighted by Crippen LogP contribution is 2.37. The summed E-state index contributed by atoms with van der Waals surface area (Å²) < 4.78 is 72.5. The smallest absolute Gasteiger partial charge is 0.398 e. The third kappa shape index (κ3) is 4.16. The van der Waals surface area contributed by atoms with Gasteiger partial charge in [-0.1, -0.05) is 13.8 Å². The van der Waals surface area contributed by atoms with E-state index in [0.29, 0.717) is 12.1 Å². The van der Waals surface area contributed by atoms with Gasteiger partial charge in [0.15, 0.2) is 0 Å². The molecule has 0 amide bonds. The lowest BCUT2D eigenvalue weighted by molar-refractivity contribution is -0.140. The van der Waals surface area contributed by atoms with E-state index in [-0.39, 0.29) is 6.07 Å². The number of alkyl halides is 6. The zero-order valence-corrected chi connectivity index (χ0v) is 9.08. The van der Waals surface area contributed by atoms with Crippen LogP contribution in [-0.4, -0.2) is 0 Å². The first-order valence-electron chi connectivity index (χ1n) is 4.66.